The van der Waals surface area contributed by atoms with Crippen molar-refractivity contribution < 1.29 is 4.79 Å². The van der Waals surface area contributed by atoms with Crippen LogP contribution in [0.1, 0.15) is 23.6 Å². The lowest BCUT2D eigenvalue weighted by molar-refractivity contribution is -0.122. The minimum Gasteiger partial charge on any atom is -0.388 e. The third-order valence-electron chi connectivity index (χ3n) is 4.42. The van der Waals surface area contributed by atoms with Crippen LogP contribution >= 0.6 is 0 Å². The summed E-state index contributed by atoms with van der Waals surface area (Å²) in [6.45, 7) is 2.73. The Kier molecular flexibility index (Phi) is 5.88. The molecule has 6 nitrogen and oxygen atoms in total. The number of aliphatic imine (C=N–C) groups is 1. The van der Waals surface area contributed by atoms with Gasteiger partial charge in [-0.05, 0) is 36.1 Å². The topological polar surface area (TPSA) is 109 Å². The number of H-pyrrole nitrogens is 1. The fourth-order valence-electron chi connectivity index (χ4n) is 3.00. The van der Waals surface area contributed by atoms with Crippen LogP contribution in [0.3, 0.4) is 0 Å². The molecule has 1 amide bonds. The highest BCUT2D eigenvalue weighted by Gasteiger charge is 2.16. The van der Waals surface area contributed by atoms with E-state index >= 15 is 0 Å². The first kappa shape index (κ1) is 18.7. The zero-order chi connectivity index (χ0) is 19.2. The number of rotatable bonds is 7. The molecule has 0 spiro atoms. The number of amides is 1. The third kappa shape index (κ3) is 4.95. The molecule has 1 aromatic heterocycles. The molecule has 2 aromatic carbocycles. The van der Waals surface area contributed by atoms with Crippen LogP contribution in [0.4, 0.5) is 0 Å². The smallest absolute Gasteiger partial charge is 0.237 e. The van der Waals surface area contributed by atoms with Crippen molar-refractivity contribution in [1.29, 1.82) is 0 Å². The van der Waals surface area contributed by atoms with Gasteiger partial charge >= 0.3 is 0 Å². The molecule has 6 heteroatoms. The Morgan fingerprint density at radius 1 is 1.19 bits per heavy atom. The maximum absolute atomic E-state index is 12.4. The number of hydrogen-bond donors (Lipinski definition) is 4. The number of fused-ring (bicyclic) bond motifs is 1. The molecule has 0 aliphatic rings. The van der Waals surface area contributed by atoms with Crippen molar-refractivity contribution in [2.45, 2.75) is 32.5 Å². The van der Waals surface area contributed by atoms with Gasteiger partial charge < -0.3 is 21.8 Å². The summed E-state index contributed by atoms with van der Waals surface area (Å²) in [5.41, 5.74) is 15.8. The molecule has 0 radical (unpaired) electrons. The second-order valence-corrected chi connectivity index (χ2v) is 6.67. The largest absolute Gasteiger partial charge is 0.388 e. The van der Waals surface area contributed by atoms with Gasteiger partial charge in [-0.15, -0.1) is 0 Å². The molecule has 0 saturated carbocycles. The molecular weight excluding hydrogens is 338 g/mol. The number of nitrogens with two attached hydrogens (primary N) is 2. The van der Waals surface area contributed by atoms with E-state index in [-0.39, 0.29) is 5.91 Å². The van der Waals surface area contributed by atoms with E-state index in [1.807, 2.05) is 54.7 Å². The van der Waals surface area contributed by atoms with Crippen LogP contribution in [0.5, 0.6) is 0 Å². The molecule has 0 saturated heterocycles. The summed E-state index contributed by atoms with van der Waals surface area (Å²) in [7, 11) is 0. The molecule has 0 aliphatic heterocycles. The fraction of sp³-hybridized carbons (Fsp3) is 0.238. The number of benzene rings is 2. The highest BCUT2D eigenvalue weighted by Crippen LogP contribution is 2.18. The molecule has 0 aliphatic carbocycles. The van der Waals surface area contributed by atoms with Crippen molar-refractivity contribution >= 4 is 22.6 Å². The van der Waals surface area contributed by atoms with Crippen LogP contribution in [0.2, 0.25) is 0 Å². The quantitative estimate of drug-likeness (QED) is 0.382. The first-order valence-electron chi connectivity index (χ1n) is 8.95. The van der Waals surface area contributed by atoms with Gasteiger partial charge in [0.15, 0.2) is 0 Å². The van der Waals surface area contributed by atoms with Gasteiger partial charge in [-0.3, -0.25) is 9.79 Å². The summed E-state index contributed by atoms with van der Waals surface area (Å²) in [6, 6.07) is 15.3. The highest BCUT2D eigenvalue weighted by molar-refractivity contribution is 5.86. The predicted molar refractivity (Wildman–Crippen MR) is 109 cm³/mol. The maximum atomic E-state index is 12.4. The van der Waals surface area contributed by atoms with Crippen LogP contribution in [0.25, 0.3) is 10.9 Å². The minimum absolute atomic E-state index is 0.165. The Labute approximate surface area is 158 Å². The van der Waals surface area contributed by atoms with Gasteiger partial charge in [0.1, 0.15) is 0 Å². The Morgan fingerprint density at radius 3 is 2.78 bits per heavy atom. The normalized spacial score (nSPS) is 12.9. The second-order valence-electron chi connectivity index (χ2n) is 6.67. The fourth-order valence-corrected chi connectivity index (χ4v) is 3.00. The summed E-state index contributed by atoms with van der Waals surface area (Å²) in [5.74, 6) is 0.387. The van der Waals surface area contributed by atoms with Crippen LogP contribution in [0.15, 0.2) is 59.7 Å². The molecule has 3 rings (SSSR count). The number of nitrogens with one attached hydrogen (secondary N) is 2. The SMILES string of the molecule is CC(N)=NCc1cccc(CNC(=O)[C@@H](N)Cc2c[nH]c3ccccc23)c1. The van der Waals surface area contributed by atoms with Crippen LogP contribution < -0.4 is 16.8 Å². The van der Waals surface area contributed by atoms with E-state index in [0.717, 1.165) is 27.6 Å². The van der Waals surface area contributed by atoms with Gasteiger partial charge in [0.05, 0.1) is 18.4 Å². The average molecular weight is 363 g/mol. The summed E-state index contributed by atoms with van der Waals surface area (Å²) in [6.07, 6.45) is 2.40. The van der Waals surface area contributed by atoms with Crippen molar-refractivity contribution in [3.63, 3.8) is 0 Å². The maximum Gasteiger partial charge on any atom is 0.237 e. The minimum atomic E-state index is -0.600. The number of nitrogens with zero attached hydrogens (tertiary/aromatic N) is 1. The number of aromatic amines is 1. The van der Waals surface area contributed by atoms with E-state index < -0.39 is 6.04 Å². The van der Waals surface area contributed by atoms with E-state index in [1.54, 1.807) is 6.92 Å². The van der Waals surface area contributed by atoms with Crippen molar-refractivity contribution in [2.24, 2.45) is 16.5 Å². The van der Waals surface area contributed by atoms with Crippen molar-refractivity contribution in [1.82, 2.24) is 10.3 Å². The number of para-hydroxylation sites is 1. The monoisotopic (exact) mass is 363 g/mol. The molecular formula is C21H25N5O. The van der Waals surface area contributed by atoms with E-state index in [0.29, 0.717) is 25.3 Å². The predicted octanol–water partition coefficient (Wildman–Crippen LogP) is 2.23. The number of carbonyl (C=O) groups is 1. The standard InChI is InChI=1S/C21H25N5O/c1-14(22)24-11-15-5-4-6-16(9-15)12-26-21(27)19(23)10-17-13-25-20-8-3-2-7-18(17)20/h2-9,13,19,25H,10-12,23H2,1H3,(H2,22,24)(H,26,27)/t19-/m0/s1. The first-order chi connectivity index (χ1) is 13.0. The summed E-state index contributed by atoms with van der Waals surface area (Å²) in [5, 5.41) is 4.02. The Morgan fingerprint density at radius 2 is 1.96 bits per heavy atom. The van der Waals surface area contributed by atoms with Crippen molar-refractivity contribution in [3.05, 3.63) is 71.4 Å². The molecule has 0 fully saturated rings. The van der Waals surface area contributed by atoms with Crippen molar-refractivity contribution in [2.75, 3.05) is 0 Å². The molecule has 1 atom stereocenters. The van der Waals surface area contributed by atoms with Gasteiger partial charge in [-0.25, -0.2) is 0 Å². The van der Waals surface area contributed by atoms with Crippen LogP contribution in [0, 0.1) is 0 Å². The Bertz CT molecular complexity index is 956. The third-order valence-corrected chi connectivity index (χ3v) is 4.42. The Hall–Kier alpha value is -3.12. The van der Waals surface area contributed by atoms with E-state index in [9.17, 15) is 4.79 Å². The summed E-state index contributed by atoms with van der Waals surface area (Å²) in [4.78, 5) is 19.8. The van der Waals surface area contributed by atoms with Gasteiger partial charge in [0.2, 0.25) is 5.91 Å². The average Bonchev–Trinajstić information content (AvgIpc) is 3.08. The zero-order valence-corrected chi connectivity index (χ0v) is 15.4. The first-order valence-corrected chi connectivity index (χ1v) is 8.95. The molecule has 6 N–H and O–H groups in total. The molecule has 3 aromatic rings. The Balaban J connectivity index is 1.57. The van der Waals surface area contributed by atoms with Gasteiger partial charge in [-0.2, -0.15) is 0 Å². The molecule has 140 valence electrons. The summed E-state index contributed by atoms with van der Waals surface area (Å²) < 4.78 is 0. The van der Waals surface area contributed by atoms with E-state index in [4.69, 9.17) is 11.5 Å². The van der Waals surface area contributed by atoms with E-state index in [2.05, 4.69) is 15.3 Å². The summed E-state index contributed by atoms with van der Waals surface area (Å²) >= 11 is 0. The number of carbonyl (C=O) groups excluding carboxylic acids is 1. The lowest BCUT2D eigenvalue weighted by atomic mass is 10.0. The van der Waals surface area contributed by atoms with Gasteiger partial charge in [0, 0.05) is 23.6 Å². The van der Waals surface area contributed by atoms with Crippen LogP contribution in [-0.4, -0.2) is 22.8 Å². The molecule has 27 heavy (non-hydrogen) atoms. The van der Waals surface area contributed by atoms with Crippen LogP contribution in [-0.2, 0) is 24.3 Å². The number of amidine groups is 1. The van der Waals surface area contributed by atoms with Crippen molar-refractivity contribution in [3.8, 4) is 0 Å². The molecule has 0 unspecified atom stereocenters. The lowest BCUT2D eigenvalue weighted by Crippen LogP contribution is -2.41. The molecule has 1 heterocycles. The highest BCUT2D eigenvalue weighted by atomic mass is 16.2. The second kappa shape index (κ2) is 8.51. The number of aromatic nitrogens is 1. The number of hydrogen-bond acceptors (Lipinski definition) is 3. The molecule has 0 bridgehead atoms. The van der Waals surface area contributed by atoms with Gasteiger partial charge in [-0.1, -0.05) is 42.5 Å². The zero-order valence-electron chi connectivity index (χ0n) is 15.4. The lowest BCUT2D eigenvalue weighted by Gasteiger charge is -2.12. The van der Waals surface area contributed by atoms with Gasteiger partial charge in [0.25, 0.3) is 0 Å². The van der Waals surface area contributed by atoms with E-state index in [1.165, 1.54) is 0 Å².